The van der Waals surface area contributed by atoms with Crippen LogP contribution in [-0.2, 0) is 14.4 Å². The topological polar surface area (TPSA) is 139 Å². The van der Waals surface area contributed by atoms with Crippen molar-refractivity contribution in [3.8, 4) is 17.2 Å². The molecule has 40 heavy (non-hydrogen) atoms. The minimum Gasteiger partial charge on any atom is -0.495 e. The van der Waals surface area contributed by atoms with Gasteiger partial charge in [0.1, 0.15) is 35.0 Å². The van der Waals surface area contributed by atoms with Gasteiger partial charge in [0.05, 0.1) is 18.3 Å². The van der Waals surface area contributed by atoms with E-state index in [-0.39, 0.29) is 6.54 Å². The number of nitrogens with one attached hydrogen (secondary N) is 3. The Morgan fingerprint density at radius 3 is 2.12 bits per heavy atom. The molecule has 0 atom stereocenters. The average Bonchev–Trinajstić information content (AvgIpc) is 3.76. The summed E-state index contributed by atoms with van der Waals surface area (Å²) in [6.07, 6.45) is 2.41. The van der Waals surface area contributed by atoms with E-state index in [4.69, 9.17) is 14.6 Å². The molecule has 0 aliphatic heterocycles. The summed E-state index contributed by atoms with van der Waals surface area (Å²) in [5, 5.41) is 17.9. The van der Waals surface area contributed by atoms with Crippen LogP contribution in [0.2, 0.25) is 0 Å². The van der Waals surface area contributed by atoms with Crippen molar-refractivity contribution in [2.45, 2.75) is 12.8 Å². The predicted octanol–water partition coefficient (Wildman–Crippen LogP) is 5.03. The van der Waals surface area contributed by atoms with Gasteiger partial charge in [0, 0.05) is 23.0 Å². The lowest BCUT2D eigenvalue weighted by Gasteiger charge is -2.16. The van der Waals surface area contributed by atoms with Gasteiger partial charge >= 0.3 is 5.97 Å². The van der Waals surface area contributed by atoms with Crippen LogP contribution in [0.1, 0.15) is 12.8 Å². The SMILES string of the molecule is COc1cc2c(Oc3ccc(NC(=O)C4(C(=O)Nc5ccc(F)cc5)CC4)cc3)ccnc2cc1NCC(=O)O. The van der Waals surface area contributed by atoms with Crippen molar-refractivity contribution in [2.24, 2.45) is 5.41 Å². The molecule has 0 saturated heterocycles. The summed E-state index contributed by atoms with van der Waals surface area (Å²) in [7, 11) is 1.48. The largest absolute Gasteiger partial charge is 0.495 e. The monoisotopic (exact) mass is 544 g/mol. The van der Waals surface area contributed by atoms with Crippen LogP contribution in [0, 0.1) is 11.2 Å². The summed E-state index contributed by atoms with van der Waals surface area (Å²) in [6, 6.07) is 17.1. The molecule has 0 radical (unpaired) electrons. The van der Waals surface area contributed by atoms with Crippen LogP contribution in [0.3, 0.4) is 0 Å². The molecule has 0 spiro atoms. The normalized spacial score (nSPS) is 13.2. The number of aromatic nitrogens is 1. The van der Waals surface area contributed by atoms with Crippen molar-refractivity contribution in [2.75, 3.05) is 29.6 Å². The van der Waals surface area contributed by atoms with Crippen molar-refractivity contribution in [3.05, 3.63) is 78.7 Å². The molecular weight excluding hydrogens is 519 g/mol. The number of carbonyl (C=O) groups is 3. The van der Waals surface area contributed by atoms with E-state index in [0.717, 1.165) is 0 Å². The molecular formula is C29H25FN4O6. The Bertz CT molecular complexity index is 1590. The van der Waals surface area contributed by atoms with Crippen LogP contribution in [0.25, 0.3) is 10.9 Å². The molecule has 1 aliphatic carbocycles. The summed E-state index contributed by atoms with van der Waals surface area (Å²) in [6.45, 7) is -0.277. The van der Waals surface area contributed by atoms with Crippen LogP contribution in [0.4, 0.5) is 21.5 Å². The first-order valence-electron chi connectivity index (χ1n) is 12.4. The minimum absolute atomic E-state index is 0.277. The highest BCUT2D eigenvalue weighted by atomic mass is 19.1. The number of hydrogen-bond donors (Lipinski definition) is 4. The van der Waals surface area contributed by atoms with Crippen LogP contribution < -0.4 is 25.4 Å². The number of ether oxygens (including phenoxy) is 2. The molecule has 11 heteroatoms. The van der Waals surface area contributed by atoms with E-state index in [9.17, 15) is 18.8 Å². The Morgan fingerprint density at radius 1 is 0.925 bits per heavy atom. The van der Waals surface area contributed by atoms with Crippen LogP contribution >= 0.6 is 0 Å². The molecule has 204 valence electrons. The Labute approximate surface area is 228 Å². The molecule has 1 fully saturated rings. The summed E-state index contributed by atoms with van der Waals surface area (Å²) in [4.78, 5) is 41.0. The van der Waals surface area contributed by atoms with E-state index in [1.807, 2.05) is 0 Å². The van der Waals surface area contributed by atoms with Gasteiger partial charge in [-0.3, -0.25) is 19.4 Å². The highest BCUT2D eigenvalue weighted by Gasteiger charge is 2.56. The fourth-order valence-electron chi connectivity index (χ4n) is 4.16. The molecule has 1 aromatic heterocycles. The van der Waals surface area contributed by atoms with Gasteiger partial charge in [-0.15, -0.1) is 0 Å². The van der Waals surface area contributed by atoms with E-state index in [1.54, 1.807) is 48.7 Å². The number of amides is 2. The zero-order valence-corrected chi connectivity index (χ0v) is 21.4. The maximum absolute atomic E-state index is 13.1. The third-order valence-electron chi connectivity index (χ3n) is 6.51. The molecule has 4 N–H and O–H groups in total. The first-order chi connectivity index (χ1) is 19.3. The van der Waals surface area contributed by atoms with Gasteiger partial charge in [-0.1, -0.05) is 0 Å². The number of methoxy groups -OCH3 is 1. The Hall–Kier alpha value is -5.19. The number of carboxylic acid groups (broad SMARTS) is 1. The second-order valence-electron chi connectivity index (χ2n) is 9.25. The number of halogens is 1. The summed E-state index contributed by atoms with van der Waals surface area (Å²) in [5.74, 6) is -0.847. The summed E-state index contributed by atoms with van der Waals surface area (Å²) < 4.78 is 24.6. The Kier molecular flexibility index (Phi) is 7.19. The van der Waals surface area contributed by atoms with Gasteiger partial charge in [-0.05, 0) is 79.6 Å². The van der Waals surface area contributed by atoms with E-state index >= 15 is 0 Å². The lowest BCUT2D eigenvalue weighted by atomic mass is 10.0. The van der Waals surface area contributed by atoms with Crippen molar-refractivity contribution < 1.29 is 33.4 Å². The second kappa shape index (κ2) is 10.9. The van der Waals surface area contributed by atoms with Crippen molar-refractivity contribution >= 4 is 45.7 Å². The number of anilines is 3. The third-order valence-corrected chi connectivity index (χ3v) is 6.51. The number of nitrogens with zero attached hydrogens (tertiary/aromatic N) is 1. The van der Waals surface area contributed by atoms with Crippen LogP contribution in [-0.4, -0.2) is 41.5 Å². The van der Waals surface area contributed by atoms with Crippen LogP contribution in [0.15, 0.2) is 72.9 Å². The fourth-order valence-corrected chi connectivity index (χ4v) is 4.16. The smallest absolute Gasteiger partial charge is 0.322 e. The van der Waals surface area contributed by atoms with E-state index in [0.29, 0.717) is 58.1 Å². The molecule has 1 saturated carbocycles. The molecule has 5 rings (SSSR count). The molecule has 2 amide bonds. The number of pyridine rings is 1. The Morgan fingerprint density at radius 2 is 1.55 bits per heavy atom. The number of fused-ring (bicyclic) bond motifs is 1. The number of carboxylic acids is 1. The standard InChI is InChI=1S/C29H25FN4O6/c1-39-25-14-21-22(15-23(25)32-16-26(35)36)31-13-10-24(21)40-20-8-6-19(7-9-20)34-28(38)29(11-12-29)27(37)33-18-4-2-17(30)3-5-18/h2-10,13-15,32H,11-12,16H2,1H3,(H,33,37)(H,34,38)(H,35,36). The number of carbonyl (C=O) groups excluding carboxylic acids is 2. The quantitative estimate of drug-likeness (QED) is 0.204. The fraction of sp³-hybridized carbons (Fsp3) is 0.172. The molecule has 4 aromatic rings. The lowest BCUT2D eigenvalue weighted by molar-refractivity contribution is -0.135. The maximum atomic E-state index is 13.1. The van der Waals surface area contributed by atoms with Gasteiger partial charge in [0.2, 0.25) is 11.8 Å². The molecule has 0 bridgehead atoms. The van der Waals surface area contributed by atoms with Crippen molar-refractivity contribution in [3.63, 3.8) is 0 Å². The predicted molar refractivity (Wildman–Crippen MR) is 146 cm³/mol. The third kappa shape index (κ3) is 5.63. The van der Waals surface area contributed by atoms with Gasteiger partial charge in [0.15, 0.2) is 0 Å². The zero-order chi connectivity index (χ0) is 28.3. The highest BCUT2D eigenvalue weighted by molar-refractivity contribution is 6.16. The number of rotatable bonds is 10. The lowest BCUT2D eigenvalue weighted by Crippen LogP contribution is -2.35. The van der Waals surface area contributed by atoms with E-state index in [1.165, 1.54) is 31.4 Å². The molecule has 0 unspecified atom stereocenters. The second-order valence-corrected chi connectivity index (χ2v) is 9.25. The van der Waals surface area contributed by atoms with Crippen molar-refractivity contribution in [1.82, 2.24) is 4.98 Å². The summed E-state index contributed by atoms with van der Waals surface area (Å²) >= 11 is 0. The van der Waals surface area contributed by atoms with Gasteiger partial charge in [-0.2, -0.15) is 0 Å². The van der Waals surface area contributed by atoms with Gasteiger partial charge in [0.25, 0.3) is 0 Å². The highest BCUT2D eigenvalue weighted by Crippen LogP contribution is 2.47. The minimum atomic E-state index is -1.17. The number of benzene rings is 3. The van der Waals surface area contributed by atoms with Gasteiger partial charge in [-0.25, -0.2) is 4.39 Å². The molecule has 1 heterocycles. The van der Waals surface area contributed by atoms with Crippen LogP contribution in [0.5, 0.6) is 17.2 Å². The number of hydrogen-bond acceptors (Lipinski definition) is 7. The number of aliphatic carboxylic acids is 1. The van der Waals surface area contributed by atoms with Crippen molar-refractivity contribution in [1.29, 1.82) is 0 Å². The first-order valence-corrected chi connectivity index (χ1v) is 12.4. The first kappa shape index (κ1) is 26.4. The van der Waals surface area contributed by atoms with E-state index < -0.39 is 29.0 Å². The zero-order valence-electron chi connectivity index (χ0n) is 21.4. The maximum Gasteiger partial charge on any atom is 0.322 e. The summed E-state index contributed by atoms with van der Waals surface area (Å²) in [5.41, 5.74) is 0.803. The van der Waals surface area contributed by atoms with Gasteiger partial charge < -0.3 is 30.5 Å². The average molecular weight is 545 g/mol. The molecule has 10 nitrogen and oxygen atoms in total. The Balaban J connectivity index is 1.27. The molecule has 3 aromatic carbocycles. The van der Waals surface area contributed by atoms with E-state index in [2.05, 4.69) is 20.9 Å². The molecule has 1 aliphatic rings.